The number of hydrogen-bond acceptors (Lipinski definition) is 4. The molecule has 1 atom stereocenters. The highest BCUT2D eigenvalue weighted by Gasteiger charge is 2.34. The molecule has 1 aromatic carbocycles. The molecule has 0 aromatic heterocycles. The summed E-state index contributed by atoms with van der Waals surface area (Å²) in [6.07, 6.45) is 0.556. The number of amides is 1. The van der Waals surface area contributed by atoms with E-state index in [1.807, 2.05) is 24.3 Å². The molecule has 0 unspecified atom stereocenters. The summed E-state index contributed by atoms with van der Waals surface area (Å²) >= 11 is 6.26. The van der Waals surface area contributed by atoms with Gasteiger partial charge in [-0.1, -0.05) is 23.7 Å². The van der Waals surface area contributed by atoms with Crippen LogP contribution in [0, 0.1) is 0 Å². The number of halogens is 1. The molecule has 2 fully saturated rings. The van der Waals surface area contributed by atoms with Crippen molar-refractivity contribution >= 4 is 33.0 Å². The minimum Gasteiger partial charge on any atom is -0.359 e. The lowest BCUT2D eigenvalue weighted by atomic mass is 10.2. The van der Waals surface area contributed by atoms with E-state index in [9.17, 15) is 13.2 Å². The van der Waals surface area contributed by atoms with Crippen molar-refractivity contribution in [2.45, 2.75) is 12.5 Å². The SMILES string of the molecule is CN(C(=O)C[NH+]1CCN(c2ccccc2Cl)CC1)[C@@H]1CCS(=O)(=O)C1. The van der Waals surface area contributed by atoms with E-state index >= 15 is 0 Å². The lowest BCUT2D eigenvalue weighted by Crippen LogP contribution is -3.16. The van der Waals surface area contributed by atoms with Crippen molar-refractivity contribution in [3.05, 3.63) is 29.3 Å². The number of benzene rings is 1. The molecule has 2 aliphatic rings. The van der Waals surface area contributed by atoms with Crippen molar-refractivity contribution in [3.63, 3.8) is 0 Å². The van der Waals surface area contributed by atoms with E-state index in [0.717, 1.165) is 36.9 Å². The lowest BCUT2D eigenvalue weighted by Gasteiger charge is -2.34. The molecule has 0 aliphatic carbocycles. The first kappa shape index (κ1) is 18.5. The number of hydrogen-bond donors (Lipinski definition) is 1. The van der Waals surface area contributed by atoms with Crippen LogP contribution >= 0.6 is 11.6 Å². The van der Waals surface area contributed by atoms with Crippen molar-refractivity contribution in [2.24, 2.45) is 0 Å². The number of nitrogens with one attached hydrogen (secondary N) is 1. The minimum absolute atomic E-state index is 0.0308. The molecule has 0 bridgehead atoms. The average Bonchev–Trinajstić information content (AvgIpc) is 2.95. The third kappa shape index (κ3) is 4.46. The zero-order valence-electron chi connectivity index (χ0n) is 14.4. The van der Waals surface area contributed by atoms with Crippen molar-refractivity contribution < 1.29 is 18.1 Å². The Morgan fingerprint density at radius 2 is 2.00 bits per heavy atom. The van der Waals surface area contributed by atoms with E-state index in [0.29, 0.717) is 13.0 Å². The highest BCUT2D eigenvalue weighted by atomic mass is 35.5. The van der Waals surface area contributed by atoms with Gasteiger partial charge in [0.25, 0.3) is 5.91 Å². The van der Waals surface area contributed by atoms with Crippen LogP contribution in [0.3, 0.4) is 0 Å². The Kier molecular flexibility index (Phi) is 5.55. The van der Waals surface area contributed by atoms with Crippen LogP contribution in [0.4, 0.5) is 5.69 Å². The third-order valence-electron chi connectivity index (χ3n) is 5.21. The number of nitrogens with zero attached hydrogens (tertiary/aromatic N) is 2. The number of quaternary nitrogens is 1. The maximum Gasteiger partial charge on any atom is 0.277 e. The van der Waals surface area contributed by atoms with Gasteiger partial charge in [-0.2, -0.15) is 0 Å². The van der Waals surface area contributed by atoms with E-state index in [2.05, 4.69) is 4.90 Å². The van der Waals surface area contributed by atoms with Gasteiger partial charge in [0.1, 0.15) is 0 Å². The zero-order valence-corrected chi connectivity index (χ0v) is 16.0. The molecule has 2 aliphatic heterocycles. The number of piperazine rings is 1. The topological polar surface area (TPSA) is 62.1 Å². The molecule has 8 heteroatoms. The summed E-state index contributed by atoms with van der Waals surface area (Å²) < 4.78 is 23.2. The Labute approximate surface area is 154 Å². The standard InChI is InChI=1S/C17H24ClN3O3S/c1-19(14-6-11-25(23,24)13-14)17(22)12-20-7-9-21(10-8-20)16-5-3-2-4-15(16)18/h2-5,14H,6-13H2,1H3/p+1/t14-/m1/s1. The number of carbonyl (C=O) groups is 1. The molecular formula is C17H25ClN3O3S+. The van der Waals surface area contributed by atoms with Crippen LogP contribution in [0.5, 0.6) is 0 Å². The molecule has 0 saturated carbocycles. The first-order chi connectivity index (χ1) is 11.9. The van der Waals surface area contributed by atoms with Gasteiger partial charge in [0.2, 0.25) is 0 Å². The van der Waals surface area contributed by atoms with Crippen LogP contribution < -0.4 is 9.80 Å². The lowest BCUT2D eigenvalue weighted by molar-refractivity contribution is -0.892. The minimum atomic E-state index is -2.97. The molecule has 1 amide bonds. The Bertz CT molecular complexity index is 732. The summed E-state index contributed by atoms with van der Waals surface area (Å²) in [5.41, 5.74) is 1.04. The van der Waals surface area contributed by atoms with Gasteiger partial charge in [-0.05, 0) is 18.6 Å². The predicted octanol–water partition coefficient (Wildman–Crippen LogP) is -0.310. The smallest absolute Gasteiger partial charge is 0.277 e. The fourth-order valence-corrected chi connectivity index (χ4v) is 5.60. The van der Waals surface area contributed by atoms with E-state index in [1.165, 1.54) is 4.90 Å². The van der Waals surface area contributed by atoms with Crippen molar-refractivity contribution in [2.75, 3.05) is 56.2 Å². The molecule has 0 spiro atoms. The Balaban J connectivity index is 1.50. The second-order valence-electron chi connectivity index (χ2n) is 6.93. The number of para-hydroxylation sites is 1. The fourth-order valence-electron chi connectivity index (χ4n) is 3.57. The van der Waals surface area contributed by atoms with Gasteiger partial charge in [0, 0.05) is 13.1 Å². The summed E-state index contributed by atoms with van der Waals surface area (Å²) in [6.45, 7) is 3.87. The largest absolute Gasteiger partial charge is 0.359 e. The highest BCUT2D eigenvalue weighted by Crippen LogP contribution is 2.24. The van der Waals surface area contributed by atoms with Gasteiger partial charge in [0.15, 0.2) is 16.4 Å². The molecule has 1 N–H and O–H groups in total. The summed E-state index contributed by atoms with van der Waals surface area (Å²) in [7, 11) is -1.24. The second kappa shape index (κ2) is 7.51. The van der Waals surface area contributed by atoms with Gasteiger partial charge < -0.3 is 14.7 Å². The van der Waals surface area contributed by atoms with E-state index in [4.69, 9.17) is 11.6 Å². The van der Waals surface area contributed by atoms with Crippen LogP contribution in [-0.2, 0) is 14.6 Å². The molecule has 25 heavy (non-hydrogen) atoms. The van der Waals surface area contributed by atoms with E-state index in [-0.39, 0.29) is 23.5 Å². The van der Waals surface area contributed by atoms with E-state index < -0.39 is 9.84 Å². The van der Waals surface area contributed by atoms with Crippen LogP contribution in [0.25, 0.3) is 0 Å². The Morgan fingerprint density at radius 3 is 2.60 bits per heavy atom. The van der Waals surface area contributed by atoms with Gasteiger partial charge in [-0.15, -0.1) is 0 Å². The third-order valence-corrected chi connectivity index (χ3v) is 7.28. The summed E-state index contributed by atoms with van der Waals surface area (Å²) in [5, 5.41) is 0.754. The van der Waals surface area contributed by atoms with Gasteiger partial charge in [0.05, 0.1) is 48.4 Å². The van der Waals surface area contributed by atoms with Crippen molar-refractivity contribution in [1.82, 2.24) is 4.90 Å². The van der Waals surface area contributed by atoms with Gasteiger partial charge >= 0.3 is 0 Å². The second-order valence-corrected chi connectivity index (χ2v) is 9.56. The number of sulfone groups is 1. The first-order valence-corrected chi connectivity index (χ1v) is 10.8. The van der Waals surface area contributed by atoms with Crippen LogP contribution in [0.2, 0.25) is 5.02 Å². The zero-order chi connectivity index (χ0) is 18.0. The Morgan fingerprint density at radius 1 is 1.32 bits per heavy atom. The van der Waals surface area contributed by atoms with Crippen molar-refractivity contribution in [3.8, 4) is 0 Å². The molecule has 3 rings (SSSR count). The summed E-state index contributed by atoms with van der Waals surface area (Å²) in [4.78, 5) is 17.6. The average molecular weight is 387 g/mol. The highest BCUT2D eigenvalue weighted by molar-refractivity contribution is 7.91. The molecule has 2 heterocycles. The van der Waals surface area contributed by atoms with E-state index in [1.54, 1.807) is 11.9 Å². The molecule has 2 saturated heterocycles. The van der Waals surface area contributed by atoms with Crippen LogP contribution in [0.15, 0.2) is 24.3 Å². The maximum absolute atomic E-state index is 12.5. The van der Waals surface area contributed by atoms with Crippen LogP contribution in [0.1, 0.15) is 6.42 Å². The molecule has 1 aromatic rings. The molecule has 138 valence electrons. The maximum atomic E-state index is 12.5. The van der Waals surface area contributed by atoms with Gasteiger partial charge in [-0.3, -0.25) is 4.79 Å². The first-order valence-electron chi connectivity index (χ1n) is 8.65. The predicted molar refractivity (Wildman–Crippen MR) is 99.1 cm³/mol. The number of anilines is 1. The van der Waals surface area contributed by atoms with Crippen molar-refractivity contribution in [1.29, 1.82) is 0 Å². The number of likely N-dealkylation sites (N-methyl/N-ethyl adjacent to an activating group) is 1. The molecular weight excluding hydrogens is 362 g/mol. The monoisotopic (exact) mass is 386 g/mol. The quantitative estimate of drug-likeness (QED) is 0.771. The van der Waals surface area contributed by atoms with Gasteiger partial charge in [-0.25, -0.2) is 8.42 Å². The normalized spacial score (nSPS) is 23.6. The Hall–Kier alpha value is -1.31. The fraction of sp³-hybridized carbons (Fsp3) is 0.588. The number of carbonyl (C=O) groups excluding carboxylic acids is 1. The molecule has 6 nitrogen and oxygen atoms in total. The summed E-state index contributed by atoms with van der Waals surface area (Å²) in [6, 6.07) is 7.65. The van der Waals surface area contributed by atoms with Crippen LogP contribution in [-0.4, -0.2) is 76.5 Å². The molecule has 0 radical (unpaired) electrons. The summed E-state index contributed by atoms with van der Waals surface area (Å²) in [5.74, 6) is 0.326. The number of rotatable bonds is 4.